The number of pyridine rings is 1. The topological polar surface area (TPSA) is 38.9 Å². The Morgan fingerprint density at radius 3 is 2.47 bits per heavy atom. The summed E-state index contributed by atoms with van der Waals surface area (Å²) < 4.78 is 0.919. The Morgan fingerprint density at radius 2 is 1.88 bits per heavy atom. The Labute approximate surface area is 118 Å². The van der Waals surface area contributed by atoms with Gasteiger partial charge in [-0.15, -0.1) is 0 Å². The van der Waals surface area contributed by atoms with Crippen LogP contribution in [0.3, 0.4) is 0 Å². The monoisotopic (exact) mass is 330 g/mol. The van der Waals surface area contributed by atoms with Crippen molar-refractivity contribution in [3.8, 4) is 0 Å². The fourth-order valence-corrected chi connectivity index (χ4v) is 1.99. The van der Waals surface area contributed by atoms with Crippen LogP contribution in [0, 0.1) is 0 Å². The summed E-state index contributed by atoms with van der Waals surface area (Å²) in [6.07, 6.45) is 1.71. The molecular formula is C12H9BrCl2N2. The maximum Gasteiger partial charge on any atom is 0.0726 e. The summed E-state index contributed by atoms with van der Waals surface area (Å²) in [5.74, 6) is 0. The van der Waals surface area contributed by atoms with Crippen molar-refractivity contribution in [2.45, 2.75) is 6.04 Å². The van der Waals surface area contributed by atoms with Crippen LogP contribution in [0.1, 0.15) is 17.3 Å². The van der Waals surface area contributed by atoms with Crippen molar-refractivity contribution in [2.75, 3.05) is 0 Å². The normalized spacial score (nSPS) is 12.5. The SMILES string of the molecule is NC(c1ccc(Cl)c(Cl)c1)c1ccc(Br)cn1. The van der Waals surface area contributed by atoms with Crippen molar-refractivity contribution in [1.82, 2.24) is 4.98 Å². The van der Waals surface area contributed by atoms with Crippen molar-refractivity contribution in [3.63, 3.8) is 0 Å². The molecule has 0 bridgehead atoms. The van der Waals surface area contributed by atoms with Gasteiger partial charge in [0.05, 0.1) is 21.8 Å². The molecule has 2 nitrogen and oxygen atoms in total. The van der Waals surface area contributed by atoms with Gasteiger partial charge in [-0.2, -0.15) is 0 Å². The van der Waals surface area contributed by atoms with E-state index in [4.69, 9.17) is 28.9 Å². The summed E-state index contributed by atoms with van der Waals surface area (Å²) in [5.41, 5.74) is 7.77. The Bertz CT molecular complexity index is 529. The van der Waals surface area contributed by atoms with E-state index in [1.54, 1.807) is 18.3 Å². The molecule has 5 heteroatoms. The fourth-order valence-electron chi connectivity index (χ4n) is 1.45. The fraction of sp³-hybridized carbons (Fsp3) is 0.0833. The summed E-state index contributed by atoms with van der Waals surface area (Å²) in [6.45, 7) is 0. The molecule has 1 aromatic carbocycles. The van der Waals surface area contributed by atoms with Crippen LogP contribution in [0.15, 0.2) is 41.0 Å². The molecule has 0 radical (unpaired) electrons. The Balaban J connectivity index is 2.33. The van der Waals surface area contributed by atoms with Crippen molar-refractivity contribution in [2.24, 2.45) is 5.73 Å². The molecule has 0 aliphatic heterocycles. The molecule has 0 fully saturated rings. The molecule has 1 heterocycles. The molecule has 0 aliphatic carbocycles. The van der Waals surface area contributed by atoms with Gasteiger partial charge in [-0.3, -0.25) is 4.98 Å². The maximum atomic E-state index is 6.11. The summed E-state index contributed by atoms with van der Waals surface area (Å²) in [6, 6.07) is 8.81. The van der Waals surface area contributed by atoms with E-state index in [1.807, 2.05) is 18.2 Å². The first-order valence-corrected chi connectivity index (χ1v) is 6.45. The Kier molecular flexibility index (Phi) is 4.05. The molecule has 0 aliphatic rings. The highest BCUT2D eigenvalue weighted by molar-refractivity contribution is 9.10. The molecule has 2 N–H and O–H groups in total. The summed E-state index contributed by atoms with van der Waals surface area (Å²) >= 11 is 15.1. The summed E-state index contributed by atoms with van der Waals surface area (Å²) in [7, 11) is 0. The molecule has 1 unspecified atom stereocenters. The van der Waals surface area contributed by atoms with Gasteiger partial charge in [-0.1, -0.05) is 29.3 Å². The Morgan fingerprint density at radius 1 is 1.12 bits per heavy atom. The molecule has 0 amide bonds. The van der Waals surface area contributed by atoms with Gasteiger partial charge in [0.15, 0.2) is 0 Å². The van der Waals surface area contributed by atoms with Gasteiger partial charge in [-0.25, -0.2) is 0 Å². The third-order valence-corrected chi connectivity index (χ3v) is 3.58. The second-order valence-electron chi connectivity index (χ2n) is 3.55. The van der Waals surface area contributed by atoms with Crippen LogP contribution in [0.4, 0.5) is 0 Å². The maximum absolute atomic E-state index is 6.11. The smallest absolute Gasteiger partial charge is 0.0726 e. The molecule has 17 heavy (non-hydrogen) atoms. The molecule has 1 atom stereocenters. The molecular weight excluding hydrogens is 323 g/mol. The second kappa shape index (κ2) is 5.36. The third kappa shape index (κ3) is 2.99. The minimum absolute atomic E-state index is 0.308. The molecule has 2 aromatic rings. The van der Waals surface area contributed by atoms with Crippen molar-refractivity contribution in [1.29, 1.82) is 0 Å². The van der Waals surface area contributed by atoms with E-state index in [9.17, 15) is 0 Å². The van der Waals surface area contributed by atoms with E-state index in [1.165, 1.54) is 0 Å². The highest BCUT2D eigenvalue weighted by Gasteiger charge is 2.11. The van der Waals surface area contributed by atoms with Crippen LogP contribution in [-0.2, 0) is 0 Å². The number of benzene rings is 1. The predicted octanol–water partition coefficient (Wildman–Crippen LogP) is 4.20. The Hall–Kier alpha value is -0.610. The lowest BCUT2D eigenvalue weighted by Gasteiger charge is -2.12. The van der Waals surface area contributed by atoms with Crippen molar-refractivity contribution in [3.05, 3.63) is 62.3 Å². The number of nitrogens with zero attached hydrogens (tertiary/aromatic N) is 1. The van der Waals surface area contributed by atoms with Crippen LogP contribution in [0.25, 0.3) is 0 Å². The number of rotatable bonds is 2. The van der Waals surface area contributed by atoms with Gasteiger partial charge in [0.2, 0.25) is 0 Å². The highest BCUT2D eigenvalue weighted by Crippen LogP contribution is 2.27. The van der Waals surface area contributed by atoms with Crippen LogP contribution in [0.2, 0.25) is 10.0 Å². The molecule has 2 rings (SSSR count). The largest absolute Gasteiger partial charge is 0.319 e. The van der Waals surface area contributed by atoms with Gasteiger partial charge in [0.1, 0.15) is 0 Å². The zero-order valence-corrected chi connectivity index (χ0v) is 11.8. The van der Waals surface area contributed by atoms with E-state index in [-0.39, 0.29) is 6.04 Å². The van der Waals surface area contributed by atoms with E-state index in [0.29, 0.717) is 10.0 Å². The van der Waals surface area contributed by atoms with Gasteiger partial charge in [0, 0.05) is 10.7 Å². The van der Waals surface area contributed by atoms with E-state index in [0.717, 1.165) is 15.7 Å². The van der Waals surface area contributed by atoms with Crippen LogP contribution in [-0.4, -0.2) is 4.98 Å². The number of aromatic nitrogens is 1. The lowest BCUT2D eigenvalue weighted by molar-refractivity contribution is 0.828. The molecule has 0 saturated heterocycles. The molecule has 88 valence electrons. The summed E-state index contributed by atoms with van der Waals surface area (Å²) in [4.78, 5) is 4.26. The molecule has 1 aromatic heterocycles. The molecule has 0 spiro atoms. The number of hydrogen-bond donors (Lipinski definition) is 1. The average Bonchev–Trinajstić information content (AvgIpc) is 2.33. The van der Waals surface area contributed by atoms with Crippen LogP contribution < -0.4 is 5.73 Å². The van der Waals surface area contributed by atoms with Crippen molar-refractivity contribution >= 4 is 39.1 Å². The lowest BCUT2D eigenvalue weighted by Crippen LogP contribution is -2.13. The molecule has 0 saturated carbocycles. The quantitative estimate of drug-likeness (QED) is 0.895. The minimum atomic E-state index is -0.308. The number of halogens is 3. The zero-order chi connectivity index (χ0) is 12.4. The van der Waals surface area contributed by atoms with Gasteiger partial charge >= 0.3 is 0 Å². The van der Waals surface area contributed by atoms with E-state index < -0.39 is 0 Å². The zero-order valence-electron chi connectivity index (χ0n) is 8.70. The number of hydrogen-bond acceptors (Lipinski definition) is 2. The predicted molar refractivity (Wildman–Crippen MR) is 74.4 cm³/mol. The van der Waals surface area contributed by atoms with Gasteiger partial charge in [-0.05, 0) is 45.8 Å². The standard InChI is InChI=1S/C12H9BrCl2N2/c13-8-2-4-11(17-6-8)12(16)7-1-3-9(14)10(15)5-7/h1-6,12H,16H2. The number of nitrogens with two attached hydrogens (primary N) is 1. The average molecular weight is 332 g/mol. The highest BCUT2D eigenvalue weighted by atomic mass is 79.9. The van der Waals surface area contributed by atoms with Crippen molar-refractivity contribution < 1.29 is 0 Å². The lowest BCUT2D eigenvalue weighted by atomic mass is 10.0. The first-order valence-electron chi connectivity index (χ1n) is 4.90. The minimum Gasteiger partial charge on any atom is -0.319 e. The van der Waals surface area contributed by atoms with Crippen LogP contribution in [0.5, 0.6) is 0 Å². The first-order chi connectivity index (χ1) is 8.08. The van der Waals surface area contributed by atoms with E-state index in [2.05, 4.69) is 20.9 Å². The van der Waals surface area contributed by atoms with E-state index >= 15 is 0 Å². The summed E-state index contributed by atoms with van der Waals surface area (Å²) in [5, 5.41) is 1.02. The second-order valence-corrected chi connectivity index (χ2v) is 5.28. The van der Waals surface area contributed by atoms with Crippen LogP contribution >= 0.6 is 39.1 Å². The van der Waals surface area contributed by atoms with Gasteiger partial charge < -0.3 is 5.73 Å². The first kappa shape index (κ1) is 12.8. The van der Waals surface area contributed by atoms with Gasteiger partial charge in [0.25, 0.3) is 0 Å². The third-order valence-electron chi connectivity index (χ3n) is 2.37.